The van der Waals surface area contributed by atoms with Gasteiger partial charge in [0, 0.05) is 30.6 Å². The van der Waals surface area contributed by atoms with E-state index >= 15 is 0 Å². The zero-order valence-electron chi connectivity index (χ0n) is 21.6. The van der Waals surface area contributed by atoms with Gasteiger partial charge in [-0.2, -0.15) is 5.10 Å². The number of carbonyl (C=O) groups is 1. The summed E-state index contributed by atoms with van der Waals surface area (Å²) >= 11 is 0. The lowest BCUT2D eigenvalue weighted by Gasteiger charge is -2.26. The Labute approximate surface area is 219 Å². The fraction of sp³-hybridized carbons (Fsp3) is 0.312. The maximum atomic E-state index is 11.6. The second-order valence-electron chi connectivity index (χ2n) is 10.1. The number of H-pyrrole nitrogens is 1. The molecule has 1 aliphatic carbocycles. The largest absolute Gasteiger partial charge is 0.315 e. The molecule has 190 valence electrons. The van der Waals surface area contributed by atoms with Crippen LogP contribution in [0.2, 0.25) is 0 Å². The van der Waals surface area contributed by atoms with E-state index in [4.69, 9.17) is 0 Å². The highest BCUT2D eigenvalue weighted by atomic mass is 16.2. The van der Waals surface area contributed by atoms with Crippen LogP contribution >= 0.6 is 0 Å². The van der Waals surface area contributed by atoms with Crippen molar-refractivity contribution < 1.29 is 4.79 Å². The lowest BCUT2D eigenvalue weighted by atomic mass is 10.1. The second-order valence-corrected chi connectivity index (χ2v) is 10.1. The first-order valence-corrected chi connectivity index (χ1v) is 13.4. The van der Waals surface area contributed by atoms with Crippen molar-refractivity contribution in [2.75, 3.05) is 25.0 Å². The van der Waals surface area contributed by atoms with E-state index in [0.29, 0.717) is 5.92 Å². The minimum Gasteiger partial charge on any atom is -0.315 e. The van der Waals surface area contributed by atoms with Gasteiger partial charge in [-0.25, -0.2) is 0 Å². The number of carbonyl (C=O) groups excluding carboxylic acids is 1. The van der Waals surface area contributed by atoms with Crippen molar-refractivity contribution in [3.63, 3.8) is 0 Å². The Morgan fingerprint density at radius 3 is 2.35 bits per heavy atom. The van der Waals surface area contributed by atoms with Gasteiger partial charge in [0.25, 0.3) is 0 Å². The summed E-state index contributed by atoms with van der Waals surface area (Å²) in [6.45, 7) is 3.57. The zero-order valence-corrected chi connectivity index (χ0v) is 21.6. The van der Waals surface area contributed by atoms with Crippen molar-refractivity contribution >= 4 is 34.6 Å². The number of amides is 1. The number of piperidine rings is 1. The predicted molar refractivity (Wildman–Crippen MR) is 153 cm³/mol. The first-order valence-electron chi connectivity index (χ1n) is 13.4. The highest BCUT2D eigenvalue weighted by Gasteiger charge is 2.32. The summed E-state index contributed by atoms with van der Waals surface area (Å²) in [5.74, 6) is 0.552. The van der Waals surface area contributed by atoms with Crippen LogP contribution < -0.4 is 4.90 Å². The topological polar surface area (TPSA) is 52.2 Å². The summed E-state index contributed by atoms with van der Waals surface area (Å²) in [5.41, 5.74) is 5.67. The van der Waals surface area contributed by atoms with E-state index in [9.17, 15) is 4.79 Å². The Kier molecular flexibility index (Phi) is 8.11. The van der Waals surface area contributed by atoms with Crippen LogP contribution in [0.5, 0.6) is 0 Å². The van der Waals surface area contributed by atoms with Gasteiger partial charge in [-0.3, -0.25) is 14.8 Å². The van der Waals surface area contributed by atoms with E-state index in [1.54, 1.807) is 4.90 Å². The molecule has 1 aliphatic heterocycles. The van der Waals surface area contributed by atoms with Crippen LogP contribution in [0.4, 0.5) is 5.69 Å². The third-order valence-electron chi connectivity index (χ3n) is 7.17. The Bertz CT molecular complexity index is 1320. The molecule has 0 bridgehead atoms. The summed E-state index contributed by atoms with van der Waals surface area (Å²) < 4.78 is 0. The number of hydrogen-bond donors (Lipinski definition) is 1. The maximum absolute atomic E-state index is 11.6. The number of para-hydroxylation sites is 2. The first kappa shape index (κ1) is 25.0. The molecule has 2 aliphatic rings. The highest BCUT2D eigenvalue weighted by molar-refractivity contribution is 5.95. The first-order chi connectivity index (χ1) is 18.2. The molecule has 6 rings (SSSR count). The zero-order chi connectivity index (χ0) is 25.5. The van der Waals surface area contributed by atoms with Gasteiger partial charge >= 0.3 is 0 Å². The molecule has 0 unspecified atom stereocenters. The van der Waals surface area contributed by atoms with Crippen LogP contribution in [0, 0.1) is 5.92 Å². The third kappa shape index (κ3) is 6.75. The molecule has 1 aromatic heterocycles. The third-order valence-corrected chi connectivity index (χ3v) is 7.17. The molecule has 1 saturated heterocycles. The molecule has 1 N–H and O–H groups in total. The molecule has 0 atom stereocenters. The number of fused-ring (bicyclic) bond motifs is 1. The van der Waals surface area contributed by atoms with Gasteiger partial charge in [0.1, 0.15) is 0 Å². The second kappa shape index (κ2) is 12.0. The van der Waals surface area contributed by atoms with Crippen LogP contribution in [0.15, 0.2) is 78.9 Å². The highest BCUT2D eigenvalue weighted by Crippen LogP contribution is 2.32. The molecular weight excluding hydrogens is 456 g/mol. The summed E-state index contributed by atoms with van der Waals surface area (Å²) in [7, 11) is 1.84. The van der Waals surface area contributed by atoms with Gasteiger partial charge in [0.05, 0.1) is 11.2 Å². The smallest absolute Gasteiger partial charge is 0.229 e. The minimum atomic E-state index is 0.256. The fourth-order valence-corrected chi connectivity index (χ4v) is 4.78. The number of aromatic amines is 1. The molecular formula is C32H36N4O. The summed E-state index contributed by atoms with van der Waals surface area (Å²) in [5, 5.41) is 8.62. The normalized spacial score (nSPS) is 15.9. The minimum absolute atomic E-state index is 0.256. The monoisotopic (exact) mass is 492 g/mol. The van der Waals surface area contributed by atoms with Crippen molar-refractivity contribution in [2.24, 2.45) is 5.92 Å². The Morgan fingerprint density at radius 2 is 1.62 bits per heavy atom. The van der Waals surface area contributed by atoms with E-state index in [0.717, 1.165) is 41.7 Å². The Morgan fingerprint density at radius 1 is 0.919 bits per heavy atom. The van der Waals surface area contributed by atoms with Crippen LogP contribution in [-0.2, 0) is 11.3 Å². The van der Waals surface area contributed by atoms with Crippen LogP contribution in [-0.4, -0.2) is 41.1 Å². The Hall–Kier alpha value is -3.70. The average molecular weight is 493 g/mol. The van der Waals surface area contributed by atoms with Gasteiger partial charge in [-0.05, 0) is 74.2 Å². The molecule has 0 radical (unpaired) electrons. The number of hydrogen-bond acceptors (Lipinski definition) is 3. The number of aromatic nitrogens is 2. The lowest BCUT2D eigenvalue weighted by Crippen LogP contribution is -2.28. The molecule has 37 heavy (non-hydrogen) atoms. The number of rotatable bonds is 6. The molecule has 1 amide bonds. The van der Waals surface area contributed by atoms with E-state index in [2.05, 4.69) is 63.6 Å². The fourth-order valence-electron chi connectivity index (χ4n) is 4.78. The van der Waals surface area contributed by atoms with Crippen molar-refractivity contribution in [1.29, 1.82) is 0 Å². The number of likely N-dealkylation sites (tertiary alicyclic amines) is 1. The molecule has 2 heterocycles. The van der Waals surface area contributed by atoms with Crippen molar-refractivity contribution in [3.05, 3.63) is 95.7 Å². The van der Waals surface area contributed by atoms with E-state index < -0.39 is 0 Å². The summed E-state index contributed by atoms with van der Waals surface area (Å²) in [6, 6.07) is 26.9. The predicted octanol–water partition coefficient (Wildman–Crippen LogP) is 6.78. The quantitative estimate of drug-likeness (QED) is 0.323. The number of nitrogens with zero attached hydrogens (tertiary/aromatic N) is 3. The van der Waals surface area contributed by atoms with Crippen molar-refractivity contribution in [3.8, 4) is 0 Å². The van der Waals surface area contributed by atoms with Gasteiger partial charge in [0.15, 0.2) is 0 Å². The average Bonchev–Trinajstić information content (AvgIpc) is 3.73. The maximum Gasteiger partial charge on any atom is 0.229 e. The van der Waals surface area contributed by atoms with Gasteiger partial charge < -0.3 is 4.90 Å². The summed E-state index contributed by atoms with van der Waals surface area (Å²) in [6.07, 6.45) is 10.4. The van der Waals surface area contributed by atoms with E-state index in [1.807, 2.05) is 49.5 Å². The molecule has 1 saturated carbocycles. The van der Waals surface area contributed by atoms with Gasteiger partial charge in [-0.1, -0.05) is 73.2 Å². The van der Waals surface area contributed by atoms with Gasteiger partial charge in [0.2, 0.25) is 5.91 Å². The van der Waals surface area contributed by atoms with Crippen LogP contribution in [0.1, 0.15) is 48.9 Å². The standard InChI is InChI=1S/C21H23N3.C11H13NO/c1-4-14-24(15-5-1)16-18-10-8-17(9-11-18)12-13-21-19-6-2-3-7-20(19)22-23-21;1-12(11(13)9-7-8-9)10-5-3-2-4-6-10/h2-3,6-13H,1,4-5,14-16H2,(H,22,23);2-6,9H,7-8H2,1H3/b13-12+;. The number of nitrogens with one attached hydrogen (secondary N) is 1. The van der Waals surface area contributed by atoms with E-state index in [-0.39, 0.29) is 5.91 Å². The molecule has 4 aromatic rings. The molecule has 0 spiro atoms. The Balaban J connectivity index is 0.000000182. The summed E-state index contributed by atoms with van der Waals surface area (Å²) in [4.78, 5) is 15.9. The van der Waals surface area contributed by atoms with Gasteiger partial charge in [-0.15, -0.1) is 0 Å². The number of anilines is 1. The molecule has 3 aromatic carbocycles. The molecule has 5 nitrogen and oxygen atoms in total. The van der Waals surface area contributed by atoms with Crippen LogP contribution in [0.3, 0.4) is 0 Å². The van der Waals surface area contributed by atoms with Crippen LogP contribution in [0.25, 0.3) is 23.1 Å². The molecule has 5 heteroatoms. The van der Waals surface area contributed by atoms with Crippen molar-refractivity contribution in [2.45, 2.75) is 38.6 Å². The van der Waals surface area contributed by atoms with Crippen molar-refractivity contribution in [1.82, 2.24) is 15.1 Å². The SMILES string of the molecule is C(=C\c1n[nH]c2ccccc12)/c1ccc(CN2CCCCC2)cc1.CN(C(=O)C1CC1)c1ccccc1. The number of benzene rings is 3. The molecule has 2 fully saturated rings. The lowest BCUT2D eigenvalue weighted by molar-refractivity contribution is -0.119. The van der Waals surface area contributed by atoms with E-state index in [1.165, 1.54) is 43.5 Å².